The zero-order chi connectivity index (χ0) is 15.2. The smallest absolute Gasteiger partial charge is 0.211 e. The molecule has 0 aliphatic rings. The first-order valence-electron chi connectivity index (χ1n) is 3.30. The number of hydrogen-bond acceptors (Lipinski definition) is 3. The Morgan fingerprint density at radius 2 is 1.17 bits per heavy atom. The largest absolute Gasteiger partial charge is 0.523 e. The van der Waals surface area contributed by atoms with Gasteiger partial charge in [0.1, 0.15) is 0 Å². The monoisotopic (exact) mass is 378 g/mol. The number of halogens is 10. The lowest BCUT2D eigenvalue weighted by Gasteiger charge is -2.28. The summed E-state index contributed by atoms with van der Waals surface area (Å²) in [5.41, 5.74) is -6.44. The van der Waals surface area contributed by atoms with Gasteiger partial charge in [-0.25, -0.2) is 4.39 Å². The Morgan fingerprint density at radius 1 is 0.833 bits per heavy atom. The number of hydrogen-bond donors (Lipinski definition) is 0. The van der Waals surface area contributed by atoms with Crippen LogP contribution in [0.25, 0.3) is 0 Å². The summed E-state index contributed by atoms with van der Waals surface area (Å²) in [6.07, 6.45) is -12.8. The highest BCUT2D eigenvalue weighted by Crippen LogP contribution is 2.51. The van der Waals surface area contributed by atoms with Crippen molar-refractivity contribution in [2.24, 2.45) is 0 Å². The molecule has 0 heterocycles. The van der Waals surface area contributed by atoms with Crippen molar-refractivity contribution in [3.63, 3.8) is 0 Å². The molecule has 0 aromatic rings. The van der Waals surface area contributed by atoms with Crippen molar-refractivity contribution < 1.29 is 52.1 Å². The first-order valence-corrected chi connectivity index (χ1v) is 5.50. The third kappa shape index (κ3) is 3.20. The Bertz CT molecular complexity index is 407. The molecule has 1 atom stereocenters. The number of rotatable bonds is 3. The van der Waals surface area contributed by atoms with E-state index in [1.807, 2.05) is 4.18 Å². The van der Waals surface area contributed by atoms with Crippen LogP contribution in [-0.2, 0) is 14.3 Å². The molecule has 0 aliphatic heterocycles. The Balaban J connectivity index is 5.48. The van der Waals surface area contributed by atoms with Gasteiger partial charge in [-0.15, -0.1) is 0 Å². The summed E-state index contributed by atoms with van der Waals surface area (Å²) in [5.74, 6) is 0. The third-order valence-corrected chi connectivity index (χ3v) is 3.13. The van der Waals surface area contributed by atoms with Crippen LogP contribution < -0.4 is 0 Å². The van der Waals surface area contributed by atoms with E-state index in [9.17, 15) is 47.9 Å². The predicted octanol–water partition coefficient (Wildman–Crippen LogP) is 3.07. The molecule has 0 aliphatic carbocycles. The van der Waals surface area contributed by atoms with Crippen LogP contribution in [0.3, 0.4) is 0 Å². The summed E-state index contributed by atoms with van der Waals surface area (Å²) in [4.78, 5) is 0. The molecule has 0 N–H and O–H groups in total. The van der Waals surface area contributed by atoms with Crippen LogP contribution in [0.4, 0.5) is 39.5 Å². The molecule has 110 valence electrons. The van der Waals surface area contributed by atoms with Gasteiger partial charge < -0.3 is 0 Å². The van der Waals surface area contributed by atoms with Gasteiger partial charge in [0, 0.05) is 0 Å². The maximum absolute atomic E-state index is 12.6. The standard InChI is InChI=1S/C4BrF9O3S/c5-1(6,2(7,8)9)3(10,11)17-18(15,16)4(12,13)14. The van der Waals surface area contributed by atoms with E-state index in [2.05, 4.69) is 0 Å². The first kappa shape index (κ1) is 17.8. The minimum absolute atomic E-state index is 0.745. The van der Waals surface area contributed by atoms with Gasteiger partial charge in [0.05, 0.1) is 0 Å². The second-order valence-corrected chi connectivity index (χ2v) is 5.20. The van der Waals surface area contributed by atoms with Crippen molar-refractivity contribution in [3.8, 4) is 0 Å². The minimum atomic E-state index is -7.12. The molecule has 18 heavy (non-hydrogen) atoms. The summed E-state index contributed by atoms with van der Waals surface area (Å²) in [5, 5.41) is 0. The molecule has 0 radical (unpaired) electrons. The van der Waals surface area contributed by atoms with Crippen molar-refractivity contribution in [2.45, 2.75) is 22.4 Å². The second-order valence-electron chi connectivity index (χ2n) is 2.57. The van der Waals surface area contributed by atoms with E-state index in [1.54, 1.807) is 0 Å². The molecule has 0 saturated carbocycles. The summed E-state index contributed by atoms with van der Waals surface area (Å²) >= 11 is 0.745. The molecule has 0 aromatic carbocycles. The van der Waals surface area contributed by atoms with Crippen LogP contribution in [0.15, 0.2) is 0 Å². The fourth-order valence-corrected chi connectivity index (χ4v) is 1.08. The van der Waals surface area contributed by atoms with Crippen LogP contribution in [-0.4, -0.2) is 30.8 Å². The van der Waals surface area contributed by atoms with E-state index < -0.39 is 32.5 Å². The van der Waals surface area contributed by atoms with Crippen LogP contribution in [0.2, 0.25) is 0 Å². The van der Waals surface area contributed by atoms with E-state index >= 15 is 0 Å². The highest BCUT2D eigenvalue weighted by atomic mass is 79.9. The normalized spacial score (nSPS) is 18.6. The Hall–Kier alpha value is -0.240. The van der Waals surface area contributed by atoms with Crippen molar-refractivity contribution in [2.75, 3.05) is 0 Å². The van der Waals surface area contributed by atoms with Gasteiger partial charge in [0.15, 0.2) is 0 Å². The van der Waals surface area contributed by atoms with Crippen LogP contribution in [0.1, 0.15) is 0 Å². The average Bonchev–Trinajstić information content (AvgIpc) is 1.96. The highest BCUT2D eigenvalue weighted by Gasteiger charge is 2.74. The fraction of sp³-hybridized carbons (Fsp3) is 1.00. The van der Waals surface area contributed by atoms with Crippen molar-refractivity contribution in [1.82, 2.24) is 0 Å². The molecule has 0 spiro atoms. The lowest BCUT2D eigenvalue weighted by Crippen LogP contribution is -2.53. The molecule has 0 rings (SSSR count). The maximum atomic E-state index is 12.6. The molecular weight excluding hydrogens is 379 g/mol. The molecule has 1 unspecified atom stereocenters. The molecule has 3 nitrogen and oxygen atoms in total. The van der Waals surface area contributed by atoms with Crippen LogP contribution >= 0.6 is 15.9 Å². The molecule has 0 bridgehead atoms. The lowest BCUT2D eigenvalue weighted by molar-refractivity contribution is -0.318. The summed E-state index contributed by atoms with van der Waals surface area (Å²) in [7, 11) is -7.12. The average molecular weight is 379 g/mol. The van der Waals surface area contributed by atoms with Gasteiger partial charge >= 0.3 is 32.5 Å². The van der Waals surface area contributed by atoms with E-state index in [1.165, 1.54) is 0 Å². The SMILES string of the molecule is O=S(=O)(OC(F)(F)C(F)(Br)C(F)(F)F)C(F)(F)F. The Labute approximate surface area is 101 Å². The fourth-order valence-electron chi connectivity index (χ4n) is 0.402. The predicted molar refractivity (Wildman–Crippen MR) is 39.8 cm³/mol. The second kappa shape index (κ2) is 4.40. The molecule has 14 heteroatoms. The van der Waals surface area contributed by atoms with Gasteiger partial charge in [0.2, 0.25) is 0 Å². The van der Waals surface area contributed by atoms with E-state index in [-0.39, 0.29) is 0 Å². The molecule has 0 fully saturated rings. The Morgan fingerprint density at radius 3 is 1.39 bits per heavy atom. The summed E-state index contributed by atoms with van der Waals surface area (Å²) in [6, 6.07) is 0. The molecule has 0 saturated heterocycles. The van der Waals surface area contributed by atoms with Gasteiger partial charge in [-0.05, 0) is 15.9 Å². The van der Waals surface area contributed by atoms with Gasteiger partial charge in [-0.3, -0.25) is 0 Å². The van der Waals surface area contributed by atoms with E-state index in [0.717, 1.165) is 15.9 Å². The quantitative estimate of drug-likeness (QED) is 0.328. The Kier molecular flexibility index (Phi) is 4.34. The lowest BCUT2D eigenvalue weighted by atomic mass is 10.3. The molecule has 0 amide bonds. The van der Waals surface area contributed by atoms with Crippen molar-refractivity contribution >= 4 is 26.0 Å². The van der Waals surface area contributed by atoms with E-state index in [4.69, 9.17) is 0 Å². The first-order chi connectivity index (χ1) is 7.46. The minimum Gasteiger partial charge on any atom is -0.211 e. The van der Waals surface area contributed by atoms with Gasteiger partial charge in [0.25, 0.3) is 0 Å². The summed E-state index contributed by atoms with van der Waals surface area (Å²) in [6.45, 7) is 0. The summed E-state index contributed by atoms with van der Waals surface area (Å²) < 4.78 is 124. The number of alkyl halides is 10. The maximum Gasteiger partial charge on any atom is 0.523 e. The van der Waals surface area contributed by atoms with Crippen molar-refractivity contribution in [1.29, 1.82) is 0 Å². The van der Waals surface area contributed by atoms with Gasteiger partial charge in [-0.2, -0.15) is 47.7 Å². The highest BCUT2D eigenvalue weighted by molar-refractivity contribution is 9.10. The third-order valence-electron chi connectivity index (χ3n) is 1.22. The topological polar surface area (TPSA) is 43.4 Å². The molecular formula is C4BrF9O3S. The van der Waals surface area contributed by atoms with Crippen LogP contribution in [0, 0.1) is 0 Å². The zero-order valence-electron chi connectivity index (χ0n) is 7.41. The molecule has 0 aromatic heterocycles. The zero-order valence-corrected chi connectivity index (χ0v) is 9.82. The van der Waals surface area contributed by atoms with Crippen LogP contribution in [0.5, 0.6) is 0 Å². The van der Waals surface area contributed by atoms with Crippen molar-refractivity contribution in [3.05, 3.63) is 0 Å². The van der Waals surface area contributed by atoms with E-state index in [0.29, 0.717) is 0 Å². The van der Waals surface area contributed by atoms with Gasteiger partial charge in [-0.1, -0.05) is 0 Å².